The third kappa shape index (κ3) is 3.59. The highest BCUT2D eigenvalue weighted by atomic mass is 16.8. The van der Waals surface area contributed by atoms with Crippen LogP contribution >= 0.6 is 0 Å². The molecule has 0 amide bonds. The maximum Gasteiger partial charge on any atom is 0.187 e. The Bertz CT molecular complexity index is 868. The van der Waals surface area contributed by atoms with E-state index in [0.29, 0.717) is 11.4 Å². The van der Waals surface area contributed by atoms with E-state index in [4.69, 9.17) is 10.4 Å². The molecule has 1 heterocycles. The van der Waals surface area contributed by atoms with Gasteiger partial charge in [0.05, 0.1) is 22.8 Å². The van der Waals surface area contributed by atoms with Gasteiger partial charge >= 0.3 is 0 Å². The van der Waals surface area contributed by atoms with Crippen LogP contribution in [0, 0.1) is 10.4 Å². The minimum Gasteiger partial charge on any atom is -0.769 e. The highest BCUT2D eigenvalue weighted by Crippen LogP contribution is 2.33. The molecule has 2 aromatic rings. The SMILES string of the molecule is O=C(/C=C1/Nc2ccc(N(O)O)cc2NC1O)c1cccc(N([O-])[O-])c1. The molecule has 0 aliphatic carbocycles. The number of aliphatic hydroxyl groups is 1. The summed E-state index contributed by atoms with van der Waals surface area (Å²) in [6, 6.07) is 9.58. The molecule has 0 radical (unpaired) electrons. The molecule has 10 nitrogen and oxygen atoms in total. The first-order chi connectivity index (χ1) is 12.3. The lowest BCUT2D eigenvalue weighted by Crippen LogP contribution is -2.31. The number of benzene rings is 2. The van der Waals surface area contributed by atoms with E-state index in [-0.39, 0.29) is 27.9 Å². The second-order valence-electron chi connectivity index (χ2n) is 5.46. The molecule has 0 saturated heterocycles. The summed E-state index contributed by atoms with van der Waals surface area (Å²) in [5, 5.41) is 54.7. The predicted molar refractivity (Wildman–Crippen MR) is 93.8 cm³/mol. The average Bonchev–Trinajstić information content (AvgIpc) is 2.61. The molecule has 26 heavy (non-hydrogen) atoms. The molecule has 0 fully saturated rings. The highest BCUT2D eigenvalue weighted by Gasteiger charge is 2.22. The molecule has 0 saturated carbocycles. The van der Waals surface area contributed by atoms with Crippen LogP contribution in [-0.2, 0) is 0 Å². The van der Waals surface area contributed by atoms with E-state index >= 15 is 0 Å². The molecule has 0 aromatic heterocycles. The number of carbonyl (C=O) groups excluding carboxylic acids is 1. The molecule has 136 valence electrons. The number of ketones is 1. The van der Waals surface area contributed by atoms with Crippen molar-refractivity contribution in [1.29, 1.82) is 0 Å². The van der Waals surface area contributed by atoms with Crippen LogP contribution in [0.4, 0.5) is 22.7 Å². The first-order valence-corrected chi connectivity index (χ1v) is 7.39. The first-order valence-electron chi connectivity index (χ1n) is 7.39. The van der Waals surface area contributed by atoms with E-state index in [1.165, 1.54) is 36.4 Å². The number of nitrogens with zero attached hydrogens (tertiary/aromatic N) is 2. The maximum absolute atomic E-state index is 12.3. The van der Waals surface area contributed by atoms with Crippen molar-refractivity contribution in [2.24, 2.45) is 0 Å². The summed E-state index contributed by atoms with van der Waals surface area (Å²) in [5.74, 6) is -0.519. The van der Waals surface area contributed by atoms with Gasteiger partial charge in [0.2, 0.25) is 0 Å². The lowest BCUT2D eigenvalue weighted by Gasteiger charge is -2.37. The molecule has 2 aromatic carbocycles. The lowest BCUT2D eigenvalue weighted by atomic mass is 10.1. The molecule has 1 aliphatic rings. The Morgan fingerprint density at radius 3 is 2.54 bits per heavy atom. The summed E-state index contributed by atoms with van der Waals surface area (Å²) in [6.45, 7) is 0. The predicted octanol–water partition coefficient (Wildman–Crippen LogP) is 2.00. The van der Waals surface area contributed by atoms with Crippen molar-refractivity contribution in [3.8, 4) is 0 Å². The van der Waals surface area contributed by atoms with Gasteiger partial charge in [0.15, 0.2) is 12.0 Å². The maximum atomic E-state index is 12.3. The Hall–Kier alpha value is -3.15. The second-order valence-corrected chi connectivity index (χ2v) is 5.46. The van der Waals surface area contributed by atoms with E-state index < -0.39 is 17.2 Å². The number of nitrogens with one attached hydrogen (secondary N) is 2. The van der Waals surface area contributed by atoms with Crippen LogP contribution in [0.5, 0.6) is 0 Å². The summed E-state index contributed by atoms with van der Waals surface area (Å²) < 4.78 is 0. The number of hydrogen-bond acceptors (Lipinski definition) is 10. The van der Waals surface area contributed by atoms with Crippen molar-refractivity contribution in [3.05, 3.63) is 70.2 Å². The van der Waals surface area contributed by atoms with Gasteiger partial charge in [-0.05, 0) is 30.3 Å². The summed E-state index contributed by atoms with van der Waals surface area (Å²) in [6.07, 6.45) is -0.121. The average molecular weight is 358 g/mol. The van der Waals surface area contributed by atoms with Gasteiger partial charge in [0.1, 0.15) is 0 Å². The van der Waals surface area contributed by atoms with Crippen LogP contribution < -0.4 is 21.1 Å². The Balaban J connectivity index is 1.85. The van der Waals surface area contributed by atoms with Crippen molar-refractivity contribution in [2.45, 2.75) is 6.23 Å². The number of allylic oxidation sites excluding steroid dienone is 1. The van der Waals surface area contributed by atoms with Crippen LogP contribution in [0.3, 0.4) is 0 Å². The summed E-state index contributed by atoms with van der Waals surface area (Å²) in [4.78, 5) is 12.3. The normalized spacial score (nSPS) is 17.1. The zero-order valence-electron chi connectivity index (χ0n) is 13.2. The second kappa shape index (κ2) is 7.00. The Kier molecular flexibility index (Phi) is 4.75. The van der Waals surface area contributed by atoms with Gasteiger partial charge in [0, 0.05) is 17.3 Å². The molecule has 1 aliphatic heterocycles. The van der Waals surface area contributed by atoms with Gasteiger partial charge in [-0.3, -0.25) is 15.2 Å². The number of carbonyl (C=O) groups is 1. The molecule has 5 N–H and O–H groups in total. The fraction of sp³-hybridized carbons (Fsp3) is 0.0625. The number of hydrogen-bond donors (Lipinski definition) is 5. The van der Waals surface area contributed by atoms with E-state index in [1.807, 2.05) is 0 Å². The van der Waals surface area contributed by atoms with E-state index in [0.717, 1.165) is 12.1 Å². The molecule has 1 atom stereocenters. The standard InChI is InChI=1S/C16H14N4O6/c21-15(9-2-1-3-10(6-9)19(23)24)8-14-16(22)18-13-7-11(20(25)26)4-5-12(13)17-14/h1-8,16-18,22,25-26H/q-2/b14-8+. The van der Waals surface area contributed by atoms with Crippen LogP contribution in [0.1, 0.15) is 10.4 Å². The number of fused-ring (bicyclic) bond motifs is 1. The van der Waals surface area contributed by atoms with Crippen molar-refractivity contribution in [1.82, 2.24) is 0 Å². The summed E-state index contributed by atoms with van der Waals surface area (Å²) >= 11 is 0. The zero-order valence-corrected chi connectivity index (χ0v) is 13.2. The Morgan fingerprint density at radius 1 is 1.08 bits per heavy atom. The van der Waals surface area contributed by atoms with Gasteiger partial charge in [-0.1, -0.05) is 12.1 Å². The quantitative estimate of drug-likeness (QED) is 0.311. The highest BCUT2D eigenvalue weighted by molar-refractivity contribution is 6.06. The van der Waals surface area contributed by atoms with Gasteiger partial charge in [-0.25, -0.2) is 0 Å². The van der Waals surface area contributed by atoms with Crippen LogP contribution in [-0.4, -0.2) is 27.5 Å². The van der Waals surface area contributed by atoms with Gasteiger partial charge < -0.3 is 31.4 Å². The van der Waals surface area contributed by atoms with Crippen molar-refractivity contribution >= 4 is 28.5 Å². The molecular formula is C16H14N4O6-2. The van der Waals surface area contributed by atoms with E-state index in [9.17, 15) is 20.3 Å². The van der Waals surface area contributed by atoms with Gasteiger partial charge in [-0.2, -0.15) is 0 Å². The molecular weight excluding hydrogens is 344 g/mol. The molecule has 0 spiro atoms. The third-order valence-electron chi connectivity index (χ3n) is 3.73. The fourth-order valence-electron chi connectivity index (χ4n) is 2.45. The minimum atomic E-state index is -1.26. The molecule has 10 heteroatoms. The lowest BCUT2D eigenvalue weighted by molar-refractivity contribution is 0.0292. The fourth-order valence-corrected chi connectivity index (χ4v) is 2.45. The third-order valence-corrected chi connectivity index (χ3v) is 3.73. The topological polar surface area (TPSA) is 154 Å². The molecule has 1 unspecified atom stereocenters. The smallest absolute Gasteiger partial charge is 0.187 e. The van der Waals surface area contributed by atoms with Gasteiger partial charge in [-0.15, -0.1) is 5.23 Å². The zero-order chi connectivity index (χ0) is 18.8. The largest absolute Gasteiger partial charge is 0.769 e. The summed E-state index contributed by atoms with van der Waals surface area (Å²) in [5.41, 5.74) is 1.01. The van der Waals surface area contributed by atoms with E-state index in [2.05, 4.69) is 10.6 Å². The van der Waals surface area contributed by atoms with Crippen molar-refractivity contribution < 1.29 is 20.3 Å². The van der Waals surface area contributed by atoms with E-state index in [1.54, 1.807) is 0 Å². The Labute approximate surface area is 147 Å². The van der Waals surface area contributed by atoms with Gasteiger partial charge in [0.25, 0.3) is 0 Å². The van der Waals surface area contributed by atoms with Crippen molar-refractivity contribution in [3.63, 3.8) is 0 Å². The van der Waals surface area contributed by atoms with Crippen LogP contribution in [0.15, 0.2) is 54.2 Å². The minimum absolute atomic E-state index is 0.0640. The first kappa shape index (κ1) is 17.7. The summed E-state index contributed by atoms with van der Waals surface area (Å²) in [7, 11) is 0. The monoisotopic (exact) mass is 358 g/mol. The molecule has 0 bridgehead atoms. The van der Waals surface area contributed by atoms with Crippen LogP contribution in [0.2, 0.25) is 0 Å². The Morgan fingerprint density at radius 2 is 1.85 bits per heavy atom. The molecule has 3 rings (SSSR count). The number of rotatable bonds is 4. The number of anilines is 4. The van der Waals surface area contributed by atoms with Crippen LogP contribution in [0.25, 0.3) is 0 Å². The van der Waals surface area contributed by atoms with Crippen molar-refractivity contribution in [2.75, 3.05) is 21.1 Å². The number of aliphatic hydroxyl groups excluding tert-OH is 1.